The van der Waals surface area contributed by atoms with Crippen LogP contribution in [0.5, 0.6) is 5.75 Å². The lowest BCUT2D eigenvalue weighted by atomic mass is 9.64. The van der Waals surface area contributed by atoms with Gasteiger partial charge in [-0.1, -0.05) is 39.3 Å². The van der Waals surface area contributed by atoms with Gasteiger partial charge in [0.25, 0.3) is 0 Å². The molecule has 5 heteroatoms. The summed E-state index contributed by atoms with van der Waals surface area (Å²) in [4.78, 5) is 25.6. The van der Waals surface area contributed by atoms with E-state index in [1.165, 1.54) is 16.5 Å². The summed E-state index contributed by atoms with van der Waals surface area (Å²) >= 11 is 0. The highest BCUT2D eigenvalue weighted by Gasteiger charge is 2.42. The minimum atomic E-state index is -0.353. The normalized spacial score (nSPS) is 25.5. The second kappa shape index (κ2) is 8.38. The average Bonchev–Trinajstić information content (AvgIpc) is 2.68. The third kappa shape index (κ3) is 4.40. The van der Waals surface area contributed by atoms with Gasteiger partial charge in [0.2, 0.25) is 0 Å². The number of ether oxygens (including phenoxy) is 2. The molecular formula is C23H31NO4. The molecule has 0 bridgehead atoms. The molecule has 1 aromatic carbocycles. The van der Waals surface area contributed by atoms with E-state index in [1.807, 2.05) is 12.1 Å². The fraction of sp³-hybridized carbons (Fsp3) is 0.565. The van der Waals surface area contributed by atoms with Crippen LogP contribution < -0.4 is 4.74 Å². The molecule has 0 saturated heterocycles. The minimum Gasteiger partial charge on any atom is -0.497 e. The third-order valence-electron chi connectivity index (χ3n) is 6.32. The van der Waals surface area contributed by atoms with E-state index in [2.05, 4.69) is 32.9 Å². The van der Waals surface area contributed by atoms with Gasteiger partial charge in [0.15, 0.2) is 5.78 Å². The number of ketones is 1. The smallest absolute Gasteiger partial charge is 0.414 e. The van der Waals surface area contributed by atoms with E-state index < -0.39 is 0 Å². The van der Waals surface area contributed by atoms with Gasteiger partial charge in [-0.2, -0.15) is 0 Å². The second-order valence-electron chi connectivity index (χ2n) is 8.63. The molecule has 152 valence electrons. The maximum absolute atomic E-state index is 12.7. The molecule has 1 saturated carbocycles. The number of methoxy groups -OCH3 is 1. The zero-order valence-electron chi connectivity index (χ0n) is 17.3. The van der Waals surface area contributed by atoms with E-state index in [1.54, 1.807) is 13.3 Å². The topological polar surface area (TPSA) is 55.8 Å². The summed E-state index contributed by atoms with van der Waals surface area (Å²) in [5.74, 6) is 1.63. The Hall–Kier alpha value is -2.30. The van der Waals surface area contributed by atoms with Crippen LogP contribution in [0.4, 0.5) is 4.79 Å². The van der Waals surface area contributed by atoms with E-state index in [4.69, 9.17) is 9.47 Å². The first-order valence-electron chi connectivity index (χ1n) is 10.1. The summed E-state index contributed by atoms with van der Waals surface area (Å²) in [6, 6.07) is 8.16. The Morgan fingerprint density at radius 2 is 2.04 bits per heavy atom. The molecule has 28 heavy (non-hydrogen) atoms. The van der Waals surface area contributed by atoms with E-state index in [0.29, 0.717) is 18.9 Å². The van der Waals surface area contributed by atoms with Crippen molar-refractivity contribution in [2.45, 2.75) is 58.0 Å². The van der Waals surface area contributed by atoms with E-state index in [0.717, 1.165) is 25.0 Å². The number of carbonyl (C=O) groups excluding carboxylic acids is 2. The summed E-state index contributed by atoms with van der Waals surface area (Å²) in [7, 11) is 1.68. The maximum Gasteiger partial charge on any atom is 0.414 e. The average molecular weight is 386 g/mol. The Morgan fingerprint density at radius 1 is 1.25 bits per heavy atom. The lowest BCUT2D eigenvalue weighted by Crippen LogP contribution is -2.45. The number of hydrogen-bond donors (Lipinski definition) is 0. The molecule has 3 rings (SSSR count). The summed E-state index contributed by atoms with van der Waals surface area (Å²) in [6.45, 7) is 7.06. The largest absolute Gasteiger partial charge is 0.497 e. The van der Waals surface area contributed by atoms with Crippen molar-refractivity contribution in [3.8, 4) is 5.75 Å². The zero-order chi connectivity index (χ0) is 20.3. The first-order chi connectivity index (χ1) is 13.3. The van der Waals surface area contributed by atoms with Crippen LogP contribution in [0.25, 0.3) is 0 Å². The monoisotopic (exact) mass is 385 g/mol. The highest BCUT2D eigenvalue weighted by Crippen LogP contribution is 2.44. The van der Waals surface area contributed by atoms with Crippen molar-refractivity contribution in [2.24, 2.45) is 11.8 Å². The van der Waals surface area contributed by atoms with Crippen LogP contribution in [0, 0.1) is 11.8 Å². The molecule has 1 aliphatic heterocycles. The van der Waals surface area contributed by atoms with Gasteiger partial charge in [0, 0.05) is 25.1 Å². The molecule has 5 nitrogen and oxygen atoms in total. The second-order valence-corrected chi connectivity index (χ2v) is 8.63. The molecule has 0 N–H and O–H groups in total. The maximum atomic E-state index is 12.7. The first kappa shape index (κ1) is 20.4. The van der Waals surface area contributed by atoms with Crippen molar-refractivity contribution < 1.29 is 19.1 Å². The van der Waals surface area contributed by atoms with Crippen molar-refractivity contribution in [1.82, 2.24) is 4.90 Å². The fourth-order valence-electron chi connectivity index (χ4n) is 4.43. The Labute approximate surface area is 167 Å². The van der Waals surface area contributed by atoms with Gasteiger partial charge < -0.3 is 9.47 Å². The van der Waals surface area contributed by atoms with Gasteiger partial charge in [-0.3, -0.25) is 9.69 Å². The van der Waals surface area contributed by atoms with Gasteiger partial charge in [-0.15, -0.1) is 0 Å². The Morgan fingerprint density at radius 3 is 2.71 bits per heavy atom. The van der Waals surface area contributed by atoms with Crippen LogP contribution in [0.3, 0.4) is 0 Å². The fourth-order valence-corrected chi connectivity index (χ4v) is 4.43. The number of benzene rings is 1. The van der Waals surface area contributed by atoms with Crippen molar-refractivity contribution in [3.63, 3.8) is 0 Å². The van der Waals surface area contributed by atoms with Gasteiger partial charge in [-0.05, 0) is 47.9 Å². The molecule has 1 fully saturated rings. The molecule has 0 aromatic heterocycles. The predicted octanol–water partition coefficient (Wildman–Crippen LogP) is 4.70. The van der Waals surface area contributed by atoms with Crippen LogP contribution in [-0.4, -0.2) is 36.5 Å². The number of allylic oxidation sites excluding steroid dienone is 1. The summed E-state index contributed by atoms with van der Waals surface area (Å²) in [5, 5.41) is 0. The number of amides is 1. The molecule has 0 spiro atoms. The first-order valence-corrected chi connectivity index (χ1v) is 10.1. The summed E-state index contributed by atoms with van der Waals surface area (Å²) in [5.41, 5.74) is 1.03. The van der Waals surface area contributed by atoms with Crippen LogP contribution in [0.15, 0.2) is 36.5 Å². The van der Waals surface area contributed by atoms with Gasteiger partial charge in [-0.25, -0.2) is 4.79 Å². The third-order valence-corrected chi connectivity index (χ3v) is 6.32. The minimum absolute atomic E-state index is 0.0485. The summed E-state index contributed by atoms with van der Waals surface area (Å²) < 4.78 is 11.4. The molecule has 0 radical (unpaired) electrons. The van der Waals surface area contributed by atoms with Crippen LogP contribution in [-0.2, 0) is 14.9 Å². The zero-order valence-corrected chi connectivity index (χ0v) is 17.3. The van der Waals surface area contributed by atoms with Gasteiger partial charge in [0.1, 0.15) is 11.9 Å². The molecule has 1 amide bonds. The number of rotatable bonds is 4. The predicted molar refractivity (Wildman–Crippen MR) is 108 cm³/mol. The highest BCUT2D eigenvalue weighted by atomic mass is 16.6. The molecular weight excluding hydrogens is 354 g/mol. The molecule has 3 atom stereocenters. The van der Waals surface area contributed by atoms with Crippen molar-refractivity contribution >= 4 is 11.9 Å². The Balaban J connectivity index is 1.80. The summed E-state index contributed by atoms with van der Waals surface area (Å²) in [6.07, 6.45) is 5.85. The van der Waals surface area contributed by atoms with Crippen LogP contribution in [0.1, 0.15) is 52.0 Å². The standard InChI is InChI=1S/C23H31NO4/c1-16-8-9-20(23(2,3)17-6-5-7-19(15-17)27-4)21(14-16)28-22(26)24-12-10-18(25)11-13-24/h5-7,10,12,15-16,20-21H,8-9,11,13-14H2,1-4H3/t16-,20-,21-/m1/s1. The number of nitrogens with zero attached hydrogens (tertiary/aromatic N) is 1. The molecule has 1 aliphatic carbocycles. The molecule has 0 unspecified atom stereocenters. The Kier molecular flexibility index (Phi) is 6.11. The molecule has 2 aliphatic rings. The van der Waals surface area contributed by atoms with E-state index in [-0.39, 0.29) is 29.3 Å². The van der Waals surface area contributed by atoms with Gasteiger partial charge >= 0.3 is 6.09 Å². The van der Waals surface area contributed by atoms with Crippen molar-refractivity contribution in [2.75, 3.05) is 13.7 Å². The van der Waals surface area contributed by atoms with Crippen molar-refractivity contribution in [1.29, 1.82) is 0 Å². The molecule has 1 heterocycles. The molecule has 1 aromatic rings. The van der Waals surface area contributed by atoms with Crippen LogP contribution in [0.2, 0.25) is 0 Å². The Bertz CT molecular complexity index is 755. The number of hydrogen-bond acceptors (Lipinski definition) is 4. The van der Waals surface area contributed by atoms with Crippen molar-refractivity contribution in [3.05, 3.63) is 42.1 Å². The SMILES string of the molecule is COc1cccc(C(C)(C)[C@@H]2CC[C@@H](C)C[C@H]2OC(=O)N2C=CC(=O)CC2)c1. The van der Waals surface area contributed by atoms with Crippen LogP contribution >= 0.6 is 0 Å². The van der Waals surface area contributed by atoms with E-state index in [9.17, 15) is 9.59 Å². The quantitative estimate of drug-likeness (QED) is 0.754. The van der Waals surface area contributed by atoms with E-state index >= 15 is 0 Å². The number of carbonyl (C=O) groups is 2. The van der Waals surface area contributed by atoms with Gasteiger partial charge in [0.05, 0.1) is 7.11 Å². The lowest BCUT2D eigenvalue weighted by Gasteiger charge is -2.44. The lowest BCUT2D eigenvalue weighted by molar-refractivity contribution is -0.115. The highest BCUT2D eigenvalue weighted by molar-refractivity contribution is 5.91.